The van der Waals surface area contributed by atoms with Gasteiger partial charge in [0.25, 0.3) is 0 Å². The quantitative estimate of drug-likeness (QED) is 0.274. The third-order valence-electron chi connectivity index (χ3n) is 3.23. The van der Waals surface area contributed by atoms with Crippen molar-refractivity contribution >= 4 is 27.6 Å². The molecule has 1 rings (SSSR count). The number of β-lactam (4-membered cyclic amide) rings is 1. The second-order valence-electron chi connectivity index (χ2n) is 4.62. The first-order valence-electron chi connectivity index (χ1n) is 6.33. The van der Waals surface area contributed by atoms with Gasteiger partial charge in [0.2, 0.25) is 11.8 Å². The van der Waals surface area contributed by atoms with E-state index >= 15 is 0 Å². The van der Waals surface area contributed by atoms with E-state index in [2.05, 4.69) is 4.99 Å². The number of carbonyl (C=O) groups excluding carboxylic acids is 2. The molecule has 0 aromatic rings. The molecule has 0 radical (unpaired) electrons. The molecule has 1 aliphatic rings. The zero-order valence-electron chi connectivity index (χ0n) is 11.6. The van der Waals surface area contributed by atoms with Crippen LogP contribution in [0.4, 0.5) is 0 Å². The van der Waals surface area contributed by atoms with Crippen molar-refractivity contribution in [1.82, 2.24) is 4.90 Å². The molecular weight excluding hydrogens is 284 g/mol. The Kier molecular flexibility index (Phi) is 5.09. The van der Waals surface area contributed by atoms with Crippen molar-refractivity contribution in [3.8, 4) is 0 Å². The van der Waals surface area contributed by atoms with Crippen LogP contribution in [0.2, 0.25) is 0 Å². The van der Waals surface area contributed by atoms with E-state index in [0.717, 1.165) is 4.90 Å². The van der Waals surface area contributed by atoms with Gasteiger partial charge in [-0.25, -0.2) is 8.42 Å². The second kappa shape index (κ2) is 6.21. The number of imide groups is 1. The largest absolute Gasteiger partial charge is 0.370 e. The summed E-state index contributed by atoms with van der Waals surface area (Å²) in [5, 5.41) is -1.04. The van der Waals surface area contributed by atoms with Gasteiger partial charge in [0.05, 0.1) is 5.92 Å². The number of nitrogens with zero attached hydrogens (tertiary/aromatic N) is 2. The summed E-state index contributed by atoms with van der Waals surface area (Å²) < 4.78 is 24.0. The number of carbonyl (C=O) groups is 2. The van der Waals surface area contributed by atoms with Crippen LogP contribution in [0.5, 0.6) is 0 Å². The highest BCUT2D eigenvalue weighted by molar-refractivity contribution is 7.92. The van der Waals surface area contributed by atoms with Gasteiger partial charge in [0, 0.05) is 19.2 Å². The van der Waals surface area contributed by atoms with Gasteiger partial charge in [-0.3, -0.25) is 19.5 Å². The number of sulfone groups is 1. The maximum atomic E-state index is 12.0. The molecule has 0 aliphatic carbocycles. The van der Waals surface area contributed by atoms with Crippen LogP contribution >= 0.6 is 0 Å². The topological polar surface area (TPSA) is 136 Å². The van der Waals surface area contributed by atoms with Crippen LogP contribution in [-0.4, -0.2) is 48.8 Å². The van der Waals surface area contributed by atoms with Gasteiger partial charge in [0.1, 0.15) is 0 Å². The van der Waals surface area contributed by atoms with E-state index in [1.165, 1.54) is 13.8 Å². The predicted molar refractivity (Wildman–Crippen MR) is 74.2 cm³/mol. The lowest BCUT2D eigenvalue weighted by molar-refractivity contribution is -0.160. The monoisotopic (exact) mass is 304 g/mol. The Labute approximate surface area is 118 Å². The Morgan fingerprint density at radius 1 is 1.40 bits per heavy atom. The SMILES string of the molecule is CCS(=O)(=O)[C@@H]1[C@@H](CCCN=C(N)N)C(=O)N1C(C)=O. The molecule has 0 bridgehead atoms. The molecule has 1 aliphatic heterocycles. The number of likely N-dealkylation sites (tertiary alicyclic amines) is 1. The van der Waals surface area contributed by atoms with Crippen molar-refractivity contribution < 1.29 is 18.0 Å². The molecule has 0 aromatic heterocycles. The molecule has 0 spiro atoms. The van der Waals surface area contributed by atoms with E-state index < -0.39 is 32.9 Å². The molecule has 1 heterocycles. The Balaban J connectivity index is 2.77. The molecule has 1 fully saturated rings. The van der Waals surface area contributed by atoms with Crippen LogP contribution in [-0.2, 0) is 19.4 Å². The van der Waals surface area contributed by atoms with Gasteiger partial charge in [-0.05, 0) is 12.8 Å². The lowest BCUT2D eigenvalue weighted by Gasteiger charge is -2.44. The molecule has 2 atom stereocenters. The van der Waals surface area contributed by atoms with Crippen LogP contribution < -0.4 is 11.5 Å². The molecule has 2 amide bonds. The Morgan fingerprint density at radius 3 is 2.45 bits per heavy atom. The van der Waals surface area contributed by atoms with E-state index in [1.807, 2.05) is 0 Å². The molecule has 4 N–H and O–H groups in total. The molecule has 9 heteroatoms. The van der Waals surface area contributed by atoms with Crippen LogP contribution in [0.1, 0.15) is 26.7 Å². The number of aliphatic imine (C=N–C) groups is 1. The summed E-state index contributed by atoms with van der Waals surface area (Å²) in [6.45, 7) is 3.00. The first-order valence-corrected chi connectivity index (χ1v) is 8.04. The van der Waals surface area contributed by atoms with Crippen molar-refractivity contribution in [2.75, 3.05) is 12.3 Å². The lowest BCUT2D eigenvalue weighted by Crippen LogP contribution is -2.65. The summed E-state index contributed by atoms with van der Waals surface area (Å²) in [4.78, 5) is 27.8. The van der Waals surface area contributed by atoms with Crippen LogP contribution in [0.3, 0.4) is 0 Å². The summed E-state index contributed by atoms with van der Waals surface area (Å²) in [6, 6.07) is 0. The molecule has 8 nitrogen and oxygen atoms in total. The Hall–Kier alpha value is -1.64. The average Bonchev–Trinajstić information content (AvgIpc) is 2.34. The van der Waals surface area contributed by atoms with Crippen LogP contribution in [0, 0.1) is 5.92 Å². The zero-order chi connectivity index (χ0) is 15.5. The molecule has 1 saturated heterocycles. The minimum atomic E-state index is -3.49. The maximum absolute atomic E-state index is 12.0. The van der Waals surface area contributed by atoms with Crippen molar-refractivity contribution in [1.29, 1.82) is 0 Å². The standard InChI is InChI=1S/C11H20N4O4S/c1-3-20(18,19)10-8(5-4-6-14-11(12)13)9(17)15(10)7(2)16/h8,10H,3-6H2,1-2H3,(H4,12,13,14)/t8-,10+/m0/s1. The van der Waals surface area contributed by atoms with Crippen molar-refractivity contribution in [3.63, 3.8) is 0 Å². The lowest BCUT2D eigenvalue weighted by atomic mass is 9.93. The number of nitrogens with two attached hydrogens (primary N) is 2. The molecule has 0 saturated carbocycles. The number of hydrogen-bond acceptors (Lipinski definition) is 5. The van der Waals surface area contributed by atoms with E-state index in [1.54, 1.807) is 0 Å². The fraction of sp³-hybridized carbons (Fsp3) is 0.727. The predicted octanol–water partition coefficient (Wildman–Crippen LogP) is -1.19. The first-order chi connectivity index (χ1) is 9.22. The number of rotatable bonds is 6. The third kappa shape index (κ3) is 3.27. The van der Waals surface area contributed by atoms with Crippen LogP contribution in [0.15, 0.2) is 4.99 Å². The number of hydrogen-bond donors (Lipinski definition) is 2. The van der Waals surface area contributed by atoms with Crippen molar-refractivity contribution in [2.24, 2.45) is 22.4 Å². The molecule has 20 heavy (non-hydrogen) atoms. The van der Waals surface area contributed by atoms with Gasteiger partial charge in [-0.15, -0.1) is 0 Å². The summed E-state index contributed by atoms with van der Waals surface area (Å²) in [6.07, 6.45) is 0.819. The van der Waals surface area contributed by atoms with E-state index in [4.69, 9.17) is 11.5 Å². The van der Waals surface area contributed by atoms with Gasteiger partial charge >= 0.3 is 0 Å². The van der Waals surface area contributed by atoms with Crippen molar-refractivity contribution in [2.45, 2.75) is 32.1 Å². The van der Waals surface area contributed by atoms with E-state index in [0.29, 0.717) is 19.4 Å². The molecule has 0 aromatic carbocycles. The smallest absolute Gasteiger partial charge is 0.236 e. The Morgan fingerprint density at radius 2 is 2.00 bits per heavy atom. The van der Waals surface area contributed by atoms with Gasteiger partial charge < -0.3 is 11.5 Å². The fourth-order valence-corrected chi connectivity index (χ4v) is 3.89. The fourth-order valence-electron chi connectivity index (χ4n) is 2.23. The normalized spacial score (nSPS) is 22.3. The van der Waals surface area contributed by atoms with Gasteiger partial charge in [-0.1, -0.05) is 6.92 Å². The Bertz CT molecular complexity index is 525. The maximum Gasteiger partial charge on any atom is 0.236 e. The summed E-state index contributed by atoms with van der Waals surface area (Å²) >= 11 is 0. The summed E-state index contributed by atoms with van der Waals surface area (Å²) in [7, 11) is -3.49. The van der Waals surface area contributed by atoms with Crippen LogP contribution in [0.25, 0.3) is 0 Å². The molecule has 0 unspecified atom stereocenters. The number of amides is 2. The highest BCUT2D eigenvalue weighted by Gasteiger charge is 2.54. The highest BCUT2D eigenvalue weighted by atomic mass is 32.2. The zero-order valence-corrected chi connectivity index (χ0v) is 12.4. The number of guanidine groups is 1. The summed E-state index contributed by atoms with van der Waals surface area (Å²) in [5.74, 6) is -1.83. The van der Waals surface area contributed by atoms with Crippen molar-refractivity contribution in [3.05, 3.63) is 0 Å². The minimum Gasteiger partial charge on any atom is -0.370 e. The molecular formula is C11H20N4O4S. The third-order valence-corrected chi connectivity index (χ3v) is 5.31. The van der Waals surface area contributed by atoms with E-state index in [-0.39, 0.29) is 11.7 Å². The second-order valence-corrected chi connectivity index (χ2v) is 7.01. The molecule has 114 valence electrons. The summed E-state index contributed by atoms with van der Waals surface area (Å²) in [5.41, 5.74) is 10.4. The highest BCUT2D eigenvalue weighted by Crippen LogP contribution is 2.34. The van der Waals surface area contributed by atoms with Gasteiger partial charge in [0.15, 0.2) is 21.2 Å². The van der Waals surface area contributed by atoms with Gasteiger partial charge in [-0.2, -0.15) is 0 Å². The minimum absolute atomic E-state index is 0.0481. The first kappa shape index (κ1) is 16.4. The average molecular weight is 304 g/mol. The van der Waals surface area contributed by atoms with E-state index in [9.17, 15) is 18.0 Å².